The lowest BCUT2D eigenvalue weighted by molar-refractivity contribution is 0.102. The zero-order valence-electron chi connectivity index (χ0n) is 14.4. The molecule has 130 valence electrons. The number of amides is 1. The second-order valence-corrected chi connectivity index (χ2v) is 7.09. The van der Waals surface area contributed by atoms with Crippen molar-refractivity contribution in [2.75, 3.05) is 5.32 Å². The number of anilines is 1. The van der Waals surface area contributed by atoms with Gasteiger partial charge < -0.3 is 0 Å². The summed E-state index contributed by atoms with van der Waals surface area (Å²) in [6.45, 7) is 5.57. The number of thiophene rings is 1. The molecule has 0 saturated carbocycles. The fraction of sp³-hybridized carbons (Fsp3) is 0.167. The SMILES string of the molecule is Cc1cc(C)nc(NC(=O)c2cc3c(=O)n4cccc(C)c4nc3s2)n1. The molecule has 8 heteroatoms. The van der Waals surface area contributed by atoms with Gasteiger partial charge in [-0.05, 0) is 44.5 Å². The predicted octanol–water partition coefficient (Wildman–Crippen LogP) is 2.88. The van der Waals surface area contributed by atoms with Crippen LogP contribution in [0.5, 0.6) is 0 Å². The summed E-state index contributed by atoms with van der Waals surface area (Å²) in [5.74, 6) is -0.112. The maximum absolute atomic E-state index is 12.7. The van der Waals surface area contributed by atoms with Gasteiger partial charge in [0.15, 0.2) is 0 Å². The quantitative estimate of drug-likeness (QED) is 0.590. The van der Waals surface area contributed by atoms with Gasteiger partial charge in [0, 0.05) is 17.6 Å². The molecule has 0 radical (unpaired) electrons. The van der Waals surface area contributed by atoms with Gasteiger partial charge in [-0.2, -0.15) is 0 Å². The van der Waals surface area contributed by atoms with Crippen molar-refractivity contribution in [3.05, 3.63) is 62.6 Å². The minimum absolute atomic E-state index is 0.188. The zero-order chi connectivity index (χ0) is 18.4. The van der Waals surface area contributed by atoms with Crippen LogP contribution in [0.25, 0.3) is 15.9 Å². The van der Waals surface area contributed by atoms with Crippen molar-refractivity contribution in [1.29, 1.82) is 0 Å². The molecule has 0 spiro atoms. The molecule has 4 aromatic rings. The van der Waals surface area contributed by atoms with E-state index in [9.17, 15) is 9.59 Å². The van der Waals surface area contributed by atoms with Gasteiger partial charge >= 0.3 is 0 Å². The molecule has 7 nitrogen and oxygen atoms in total. The molecule has 4 rings (SSSR count). The highest BCUT2D eigenvalue weighted by Gasteiger charge is 2.16. The van der Waals surface area contributed by atoms with Crippen molar-refractivity contribution in [2.45, 2.75) is 20.8 Å². The number of aryl methyl sites for hydroxylation is 3. The Morgan fingerprint density at radius 2 is 1.85 bits per heavy atom. The molecule has 4 heterocycles. The second kappa shape index (κ2) is 5.99. The van der Waals surface area contributed by atoms with E-state index in [0.29, 0.717) is 20.7 Å². The van der Waals surface area contributed by atoms with E-state index >= 15 is 0 Å². The maximum Gasteiger partial charge on any atom is 0.268 e. The second-order valence-electron chi connectivity index (χ2n) is 6.06. The number of fused-ring (bicyclic) bond motifs is 2. The first kappa shape index (κ1) is 16.3. The van der Waals surface area contributed by atoms with Gasteiger partial charge in [0.25, 0.3) is 11.5 Å². The number of rotatable bonds is 2. The van der Waals surface area contributed by atoms with E-state index in [2.05, 4.69) is 20.3 Å². The Bertz CT molecular complexity index is 1220. The van der Waals surface area contributed by atoms with Crippen molar-refractivity contribution in [3.8, 4) is 0 Å². The lowest BCUT2D eigenvalue weighted by Gasteiger charge is -2.03. The summed E-state index contributed by atoms with van der Waals surface area (Å²) in [7, 11) is 0. The summed E-state index contributed by atoms with van der Waals surface area (Å²) >= 11 is 1.18. The molecule has 26 heavy (non-hydrogen) atoms. The first-order valence-electron chi connectivity index (χ1n) is 7.97. The van der Waals surface area contributed by atoms with Gasteiger partial charge in [-0.1, -0.05) is 6.07 Å². The molecular formula is C18H15N5O2S. The van der Waals surface area contributed by atoms with Crippen molar-refractivity contribution < 1.29 is 4.79 Å². The standard InChI is InChI=1S/C18H15N5O2S/c1-9-5-4-6-23-14(9)21-16-12(17(23)25)8-13(26-16)15(24)22-18-19-10(2)7-11(3)20-18/h4-8H,1-3H3,(H,19,20,22,24). The number of hydrogen-bond acceptors (Lipinski definition) is 6. The van der Waals surface area contributed by atoms with Gasteiger partial charge in [-0.25, -0.2) is 15.0 Å². The molecule has 0 unspecified atom stereocenters. The van der Waals surface area contributed by atoms with Gasteiger partial charge in [-0.15, -0.1) is 11.3 Å². The minimum Gasteiger partial charge on any atom is -0.290 e. The molecule has 0 atom stereocenters. The Balaban J connectivity index is 1.78. The third-order valence-corrected chi connectivity index (χ3v) is 4.99. The molecule has 0 aliphatic rings. The largest absolute Gasteiger partial charge is 0.290 e. The first-order chi connectivity index (χ1) is 12.4. The molecule has 4 aromatic heterocycles. The van der Waals surface area contributed by atoms with E-state index in [-0.39, 0.29) is 17.4 Å². The van der Waals surface area contributed by atoms with Gasteiger partial charge in [-0.3, -0.25) is 19.3 Å². The van der Waals surface area contributed by atoms with E-state index < -0.39 is 0 Å². The smallest absolute Gasteiger partial charge is 0.268 e. The Morgan fingerprint density at radius 3 is 2.58 bits per heavy atom. The minimum atomic E-state index is -0.358. The molecule has 0 bridgehead atoms. The van der Waals surface area contributed by atoms with Crippen molar-refractivity contribution >= 4 is 39.1 Å². The van der Waals surface area contributed by atoms with E-state index in [1.165, 1.54) is 15.7 Å². The molecule has 1 amide bonds. The first-order valence-corrected chi connectivity index (χ1v) is 8.79. The Labute approximate surface area is 152 Å². The fourth-order valence-corrected chi connectivity index (χ4v) is 3.73. The van der Waals surface area contributed by atoms with Crippen LogP contribution in [0.3, 0.4) is 0 Å². The van der Waals surface area contributed by atoms with Gasteiger partial charge in [0.2, 0.25) is 5.95 Å². The van der Waals surface area contributed by atoms with Crippen LogP contribution >= 0.6 is 11.3 Å². The van der Waals surface area contributed by atoms with Crippen LogP contribution in [0.4, 0.5) is 5.95 Å². The highest BCUT2D eigenvalue weighted by Crippen LogP contribution is 2.23. The van der Waals surface area contributed by atoms with Crippen LogP contribution in [0, 0.1) is 20.8 Å². The Hall–Kier alpha value is -3.13. The number of carbonyl (C=O) groups excluding carboxylic acids is 1. The predicted molar refractivity (Wildman–Crippen MR) is 101 cm³/mol. The van der Waals surface area contributed by atoms with Crippen molar-refractivity contribution in [3.63, 3.8) is 0 Å². The van der Waals surface area contributed by atoms with Crippen LogP contribution in [0.15, 0.2) is 35.3 Å². The summed E-state index contributed by atoms with van der Waals surface area (Å²) < 4.78 is 1.50. The third kappa shape index (κ3) is 2.74. The van der Waals surface area contributed by atoms with Crippen LogP contribution in [0.1, 0.15) is 26.6 Å². The molecule has 1 N–H and O–H groups in total. The average Bonchev–Trinajstić information content (AvgIpc) is 3.00. The Morgan fingerprint density at radius 1 is 1.12 bits per heavy atom. The third-order valence-electron chi connectivity index (χ3n) is 3.96. The van der Waals surface area contributed by atoms with E-state index in [1.54, 1.807) is 18.3 Å². The van der Waals surface area contributed by atoms with Gasteiger partial charge in [0.1, 0.15) is 10.5 Å². The number of aromatic nitrogens is 4. The van der Waals surface area contributed by atoms with Crippen molar-refractivity contribution in [1.82, 2.24) is 19.4 Å². The molecular weight excluding hydrogens is 350 g/mol. The summed E-state index contributed by atoms with van der Waals surface area (Å²) in [5, 5.41) is 3.11. The van der Waals surface area contributed by atoms with Crippen LogP contribution in [-0.2, 0) is 0 Å². The lowest BCUT2D eigenvalue weighted by Crippen LogP contribution is -2.15. The molecule has 0 aromatic carbocycles. The van der Waals surface area contributed by atoms with Crippen LogP contribution in [0.2, 0.25) is 0 Å². The number of nitrogens with zero attached hydrogens (tertiary/aromatic N) is 4. The molecule has 0 aliphatic carbocycles. The lowest BCUT2D eigenvalue weighted by atomic mass is 10.3. The Kier molecular flexibility index (Phi) is 3.77. The summed E-state index contributed by atoms with van der Waals surface area (Å²) in [6, 6.07) is 7.09. The summed E-state index contributed by atoms with van der Waals surface area (Å²) in [5.41, 5.74) is 2.84. The number of pyridine rings is 1. The zero-order valence-corrected chi connectivity index (χ0v) is 15.2. The molecule has 0 fully saturated rings. The van der Waals surface area contributed by atoms with E-state index in [1.807, 2.05) is 32.9 Å². The fourth-order valence-electron chi connectivity index (χ4n) is 2.82. The number of carbonyl (C=O) groups is 1. The normalized spacial score (nSPS) is 11.2. The van der Waals surface area contributed by atoms with Crippen LogP contribution < -0.4 is 10.9 Å². The van der Waals surface area contributed by atoms with Crippen molar-refractivity contribution in [2.24, 2.45) is 0 Å². The average molecular weight is 365 g/mol. The monoisotopic (exact) mass is 365 g/mol. The topological polar surface area (TPSA) is 89.2 Å². The maximum atomic E-state index is 12.7. The number of hydrogen-bond donors (Lipinski definition) is 1. The summed E-state index contributed by atoms with van der Waals surface area (Å²) in [6.07, 6.45) is 1.68. The van der Waals surface area contributed by atoms with Crippen LogP contribution in [-0.4, -0.2) is 25.3 Å². The number of nitrogens with one attached hydrogen (secondary N) is 1. The molecule has 0 aliphatic heterocycles. The highest BCUT2D eigenvalue weighted by atomic mass is 32.1. The summed E-state index contributed by atoms with van der Waals surface area (Å²) in [4.78, 5) is 39.1. The van der Waals surface area contributed by atoms with E-state index in [0.717, 1.165) is 17.0 Å². The highest BCUT2D eigenvalue weighted by molar-refractivity contribution is 7.20. The van der Waals surface area contributed by atoms with Gasteiger partial charge in [0.05, 0.1) is 10.3 Å². The van der Waals surface area contributed by atoms with E-state index in [4.69, 9.17) is 0 Å². The molecule has 0 saturated heterocycles.